The highest BCUT2D eigenvalue weighted by Crippen LogP contribution is 2.31. The van der Waals surface area contributed by atoms with Crippen molar-refractivity contribution in [2.24, 2.45) is 11.0 Å². The van der Waals surface area contributed by atoms with Gasteiger partial charge >= 0.3 is 0 Å². The molecule has 1 aromatic heterocycles. The highest BCUT2D eigenvalue weighted by atomic mass is 16.3. The molecule has 7 heteroatoms. The van der Waals surface area contributed by atoms with E-state index in [2.05, 4.69) is 15.4 Å². The molecule has 2 amide bonds. The molecule has 128 valence electrons. The first kappa shape index (κ1) is 16.6. The number of pyridine rings is 1. The van der Waals surface area contributed by atoms with Gasteiger partial charge in [0.05, 0.1) is 6.10 Å². The highest BCUT2D eigenvalue weighted by molar-refractivity contribution is 6.39. The van der Waals surface area contributed by atoms with Gasteiger partial charge in [0, 0.05) is 44.2 Å². The van der Waals surface area contributed by atoms with E-state index < -0.39 is 0 Å². The predicted molar refractivity (Wildman–Crippen MR) is 88.0 cm³/mol. The summed E-state index contributed by atoms with van der Waals surface area (Å²) in [4.78, 5) is 28.3. The molecule has 1 saturated carbocycles. The molecule has 1 fully saturated rings. The average Bonchev–Trinajstić information content (AvgIpc) is 2.55. The second-order valence-corrected chi connectivity index (χ2v) is 6.45. The Hall–Kier alpha value is -2.28. The Balaban J connectivity index is 1.68. The number of rotatable bonds is 5. The molecule has 0 spiro atoms. The van der Waals surface area contributed by atoms with Crippen molar-refractivity contribution in [3.05, 3.63) is 30.1 Å². The SMILES string of the molecule is CN1N=C(C(=O)NC(Cc2ccccn2)C2CC(O)C2)CCC1=O. The molecule has 0 bridgehead atoms. The van der Waals surface area contributed by atoms with E-state index in [0.717, 1.165) is 5.69 Å². The quantitative estimate of drug-likeness (QED) is 0.821. The zero-order valence-electron chi connectivity index (χ0n) is 13.7. The molecular formula is C17H22N4O3. The maximum absolute atomic E-state index is 12.5. The Labute approximate surface area is 140 Å². The molecule has 0 saturated heterocycles. The summed E-state index contributed by atoms with van der Waals surface area (Å²) in [5.41, 5.74) is 1.28. The van der Waals surface area contributed by atoms with Crippen LogP contribution in [0.1, 0.15) is 31.4 Å². The minimum Gasteiger partial charge on any atom is -0.393 e. The molecular weight excluding hydrogens is 308 g/mol. The molecule has 1 unspecified atom stereocenters. The van der Waals surface area contributed by atoms with Crippen LogP contribution in [-0.2, 0) is 16.0 Å². The second-order valence-electron chi connectivity index (χ2n) is 6.45. The van der Waals surface area contributed by atoms with Crippen molar-refractivity contribution < 1.29 is 14.7 Å². The zero-order chi connectivity index (χ0) is 17.1. The molecule has 2 N–H and O–H groups in total. The topological polar surface area (TPSA) is 94.9 Å². The maximum Gasteiger partial charge on any atom is 0.267 e. The van der Waals surface area contributed by atoms with Gasteiger partial charge in [-0.1, -0.05) is 6.07 Å². The molecule has 2 aliphatic rings. The summed E-state index contributed by atoms with van der Waals surface area (Å²) >= 11 is 0. The summed E-state index contributed by atoms with van der Waals surface area (Å²) < 4.78 is 0. The van der Waals surface area contributed by atoms with E-state index >= 15 is 0 Å². The van der Waals surface area contributed by atoms with E-state index in [1.54, 1.807) is 13.2 Å². The fourth-order valence-corrected chi connectivity index (χ4v) is 3.12. The largest absolute Gasteiger partial charge is 0.393 e. The van der Waals surface area contributed by atoms with Gasteiger partial charge in [0.25, 0.3) is 5.91 Å². The van der Waals surface area contributed by atoms with E-state index in [4.69, 9.17) is 0 Å². The molecule has 1 aromatic rings. The fraction of sp³-hybridized carbons (Fsp3) is 0.529. The van der Waals surface area contributed by atoms with Crippen molar-refractivity contribution in [2.75, 3.05) is 7.05 Å². The summed E-state index contributed by atoms with van der Waals surface area (Å²) in [6.07, 6.45) is 4.09. The molecule has 0 aromatic carbocycles. The van der Waals surface area contributed by atoms with Crippen LogP contribution in [-0.4, -0.2) is 51.8 Å². The van der Waals surface area contributed by atoms with Crippen molar-refractivity contribution >= 4 is 17.5 Å². The Morgan fingerprint density at radius 1 is 1.42 bits per heavy atom. The maximum atomic E-state index is 12.5. The van der Waals surface area contributed by atoms with Gasteiger partial charge in [-0.3, -0.25) is 14.6 Å². The number of aliphatic hydroxyl groups excluding tert-OH is 1. The molecule has 3 rings (SSSR count). The van der Waals surface area contributed by atoms with Gasteiger partial charge in [-0.15, -0.1) is 0 Å². The van der Waals surface area contributed by atoms with Crippen LogP contribution in [0.3, 0.4) is 0 Å². The third kappa shape index (κ3) is 3.79. The monoisotopic (exact) mass is 330 g/mol. The van der Waals surface area contributed by atoms with E-state index in [-0.39, 0.29) is 29.9 Å². The summed E-state index contributed by atoms with van der Waals surface area (Å²) in [7, 11) is 1.56. The highest BCUT2D eigenvalue weighted by Gasteiger charge is 2.36. The molecule has 1 aliphatic carbocycles. The summed E-state index contributed by atoms with van der Waals surface area (Å²) in [5.74, 6) is -0.0927. The van der Waals surface area contributed by atoms with Crippen LogP contribution >= 0.6 is 0 Å². The molecule has 1 aliphatic heterocycles. The summed E-state index contributed by atoms with van der Waals surface area (Å²) in [6.45, 7) is 0. The number of hydrogen-bond acceptors (Lipinski definition) is 5. The van der Waals surface area contributed by atoms with Gasteiger partial charge < -0.3 is 10.4 Å². The lowest BCUT2D eigenvalue weighted by atomic mass is 9.76. The number of aliphatic hydroxyl groups is 1. The first-order valence-electron chi connectivity index (χ1n) is 8.26. The van der Waals surface area contributed by atoms with Crippen molar-refractivity contribution in [2.45, 2.75) is 44.2 Å². The number of amides is 2. The van der Waals surface area contributed by atoms with Crippen molar-refractivity contribution in [1.29, 1.82) is 0 Å². The second kappa shape index (κ2) is 7.09. The van der Waals surface area contributed by atoms with E-state index in [1.807, 2.05) is 18.2 Å². The van der Waals surface area contributed by atoms with Crippen LogP contribution in [0.5, 0.6) is 0 Å². The van der Waals surface area contributed by atoms with Crippen LogP contribution in [0.15, 0.2) is 29.5 Å². The minimum absolute atomic E-state index is 0.0845. The molecule has 7 nitrogen and oxygen atoms in total. The minimum atomic E-state index is -0.283. The lowest BCUT2D eigenvalue weighted by Gasteiger charge is -2.38. The Kier molecular flexibility index (Phi) is 4.89. The normalized spacial score (nSPS) is 24.8. The number of aromatic nitrogens is 1. The van der Waals surface area contributed by atoms with Gasteiger partial charge in [0.2, 0.25) is 5.91 Å². The average molecular weight is 330 g/mol. The standard InChI is InChI=1S/C17H22N4O3/c1-21-16(23)6-5-14(20-21)17(24)19-15(11-8-13(22)9-11)10-12-4-2-3-7-18-12/h2-4,7,11,13,15,22H,5-6,8-10H2,1H3,(H,19,24). The molecule has 2 heterocycles. The van der Waals surface area contributed by atoms with Crippen molar-refractivity contribution in [1.82, 2.24) is 15.3 Å². The van der Waals surface area contributed by atoms with Gasteiger partial charge in [0.1, 0.15) is 5.71 Å². The summed E-state index contributed by atoms with van der Waals surface area (Å²) in [5, 5.41) is 17.9. The van der Waals surface area contributed by atoms with Gasteiger partial charge in [0.15, 0.2) is 0 Å². The van der Waals surface area contributed by atoms with Crippen LogP contribution in [0.25, 0.3) is 0 Å². The molecule has 24 heavy (non-hydrogen) atoms. The van der Waals surface area contributed by atoms with E-state index in [0.29, 0.717) is 37.8 Å². The first-order chi connectivity index (χ1) is 11.5. The van der Waals surface area contributed by atoms with Crippen LogP contribution in [0, 0.1) is 5.92 Å². The number of carbonyl (C=O) groups is 2. The van der Waals surface area contributed by atoms with Crippen molar-refractivity contribution in [3.63, 3.8) is 0 Å². The fourth-order valence-electron chi connectivity index (χ4n) is 3.12. The number of nitrogens with zero attached hydrogens (tertiary/aromatic N) is 3. The first-order valence-corrected chi connectivity index (χ1v) is 8.26. The Morgan fingerprint density at radius 3 is 2.83 bits per heavy atom. The Morgan fingerprint density at radius 2 is 2.21 bits per heavy atom. The van der Waals surface area contributed by atoms with Gasteiger partial charge in [-0.25, -0.2) is 5.01 Å². The third-order valence-corrected chi connectivity index (χ3v) is 4.66. The predicted octanol–water partition coefficient (Wildman–Crippen LogP) is 0.488. The Bertz CT molecular complexity index is 640. The van der Waals surface area contributed by atoms with Gasteiger partial charge in [-0.2, -0.15) is 5.10 Å². The van der Waals surface area contributed by atoms with Crippen LogP contribution < -0.4 is 5.32 Å². The number of carbonyl (C=O) groups excluding carboxylic acids is 2. The lowest BCUT2D eigenvalue weighted by molar-refractivity contribution is -0.130. The molecule has 1 atom stereocenters. The van der Waals surface area contributed by atoms with Crippen LogP contribution in [0.4, 0.5) is 0 Å². The van der Waals surface area contributed by atoms with Crippen molar-refractivity contribution in [3.8, 4) is 0 Å². The third-order valence-electron chi connectivity index (χ3n) is 4.66. The van der Waals surface area contributed by atoms with E-state index in [9.17, 15) is 14.7 Å². The lowest BCUT2D eigenvalue weighted by Crippen LogP contribution is -2.50. The number of nitrogens with one attached hydrogen (secondary N) is 1. The number of hydrazone groups is 1. The van der Waals surface area contributed by atoms with Crippen LogP contribution in [0.2, 0.25) is 0 Å². The van der Waals surface area contributed by atoms with Gasteiger partial charge in [-0.05, 0) is 30.9 Å². The zero-order valence-corrected chi connectivity index (χ0v) is 13.7. The van der Waals surface area contributed by atoms with E-state index in [1.165, 1.54) is 5.01 Å². The summed E-state index contributed by atoms with van der Waals surface area (Å²) in [6, 6.07) is 5.61. The molecule has 0 radical (unpaired) electrons. The smallest absolute Gasteiger partial charge is 0.267 e. The number of hydrogen-bond donors (Lipinski definition) is 2.